The van der Waals surface area contributed by atoms with Crippen LogP contribution in [0.1, 0.15) is 54.7 Å². The molecule has 1 aromatic heterocycles. The van der Waals surface area contributed by atoms with Crippen LogP contribution < -0.4 is 11.5 Å². The molecule has 0 bridgehead atoms. The summed E-state index contributed by atoms with van der Waals surface area (Å²) in [5.41, 5.74) is 11.1. The monoisotopic (exact) mass is 411 g/mol. The minimum atomic E-state index is -3.49. The molecule has 0 saturated heterocycles. The van der Waals surface area contributed by atoms with Gasteiger partial charge in [-0.1, -0.05) is 36.3 Å². The van der Waals surface area contributed by atoms with Crippen molar-refractivity contribution in [2.24, 2.45) is 22.4 Å². The summed E-state index contributed by atoms with van der Waals surface area (Å²) in [6, 6.07) is 1.75. The van der Waals surface area contributed by atoms with E-state index in [1.165, 1.54) is 24.2 Å². The third-order valence-electron chi connectivity index (χ3n) is 5.79. The van der Waals surface area contributed by atoms with Crippen LogP contribution in [0.15, 0.2) is 11.1 Å². The zero-order chi connectivity index (χ0) is 18.6. The fourth-order valence-electron chi connectivity index (χ4n) is 4.09. The number of thiophene rings is 1. The summed E-state index contributed by atoms with van der Waals surface area (Å²) >= 11 is 7.70. The number of aliphatic imine (C=N–C) groups is 1. The second kappa shape index (κ2) is 6.23. The Hall–Kier alpha value is -1.07. The predicted molar refractivity (Wildman–Crippen MR) is 106 cm³/mol. The van der Waals surface area contributed by atoms with Gasteiger partial charge < -0.3 is 11.5 Å². The van der Waals surface area contributed by atoms with E-state index in [0.29, 0.717) is 28.7 Å². The van der Waals surface area contributed by atoms with Gasteiger partial charge in [-0.3, -0.25) is 0 Å². The predicted octanol–water partition coefficient (Wildman–Crippen LogP) is 2.76. The van der Waals surface area contributed by atoms with Crippen molar-refractivity contribution in [3.8, 4) is 11.8 Å². The van der Waals surface area contributed by atoms with Gasteiger partial charge in [-0.2, -0.15) is 0 Å². The molecule has 140 valence electrons. The molecule has 1 spiro atoms. The average Bonchev–Trinajstić information content (AvgIpc) is 3.11. The Morgan fingerprint density at radius 2 is 1.96 bits per heavy atom. The minimum absolute atomic E-state index is 0.126. The number of amidine groups is 1. The molecule has 2 saturated carbocycles. The van der Waals surface area contributed by atoms with Crippen LogP contribution >= 0.6 is 22.9 Å². The molecule has 0 unspecified atom stereocenters. The Morgan fingerprint density at radius 3 is 2.54 bits per heavy atom. The summed E-state index contributed by atoms with van der Waals surface area (Å²) in [5, 5.41) is 0.407. The average molecular weight is 412 g/mol. The van der Waals surface area contributed by atoms with Crippen LogP contribution in [0.5, 0.6) is 0 Å². The Bertz CT molecular complexity index is 931. The zero-order valence-electron chi connectivity index (χ0n) is 14.4. The lowest BCUT2D eigenvalue weighted by molar-refractivity contribution is 0.389. The first-order chi connectivity index (χ1) is 12.3. The van der Waals surface area contributed by atoms with E-state index in [-0.39, 0.29) is 11.6 Å². The molecule has 2 aliphatic carbocycles. The fraction of sp³-hybridized carbons (Fsp3) is 0.611. The Morgan fingerprint density at radius 1 is 1.27 bits per heavy atom. The highest BCUT2D eigenvalue weighted by Gasteiger charge is 2.58. The van der Waals surface area contributed by atoms with Crippen LogP contribution in [0.2, 0.25) is 5.02 Å². The van der Waals surface area contributed by atoms with E-state index < -0.39 is 20.2 Å². The van der Waals surface area contributed by atoms with E-state index in [0.717, 1.165) is 24.1 Å². The minimum Gasteiger partial charge on any atom is -0.386 e. The molecule has 2 heterocycles. The van der Waals surface area contributed by atoms with E-state index in [9.17, 15) is 8.42 Å². The summed E-state index contributed by atoms with van der Waals surface area (Å²) in [7, 11) is -3.49. The number of rotatable bonds is 1. The van der Waals surface area contributed by atoms with Crippen molar-refractivity contribution >= 4 is 38.6 Å². The smallest absolute Gasteiger partial charge is 0.167 e. The lowest BCUT2D eigenvalue weighted by Gasteiger charge is -2.46. The molecule has 8 heteroatoms. The molecule has 0 amide bonds. The quantitative estimate of drug-likeness (QED) is 0.694. The van der Waals surface area contributed by atoms with Crippen LogP contribution in [-0.4, -0.2) is 24.8 Å². The molecule has 5 nitrogen and oxygen atoms in total. The zero-order valence-corrected chi connectivity index (χ0v) is 16.8. The number of nitrogens with zero attached hydrogens (tertiary/aromatic N) is 1. The largest absolute Gasteiger partial charge is 0.386 e. The van der Waals surface area contributed by atoms with Crippen LogP contribution in [0.3, 0.4) is 0 Å². The molecular weight excluding hydrogens is 390 g/mol. The fourth-order valence-corrected chi connectivity index (χ4v) is 7.93. The molecule has 4 N–H and O–H groups in total. The maximum atomic E-state index is 12.9. The molecule has 0 radical (unpaired) electrons. The van der Waals surface area contributed by atoms with Crippen molar-refractivity contribution in [1.82, 2.24) is 0 Å². The van der Waals surface area contributed by atoms with Crippen molar-refractivity contribution in [3.63, 3.8) is 0 Å². The molecule has 4 rings (SSSR count). The SMILES string of the molecule is NC1=N[C@](N)(c2sc(C#CC3CCCC3)cc2Cl)CS(=O)(=O)C12CCC2. The van der Waals surface area contributed by atoms with Crippen molar-refractivity contribution in [3.05, 3.63) is 20.8 Å². The van der Waals surface area contributed by atoms with Crippen LogP contribution in [-0.2, 0) is 15.5 Å². The van der Waals surface area contributed by atoms with Crippen LogP contribution in [0.4, 0.5) is 0 Å². The first-order valence-corrected chi connectivity index (χ1v) is 11.8. The standard InChI is InChI=1S/C18H22ClN3O2S2/c19-14-10-13(7-6-12-4-1-2-5-12)25-15(14)18(21)11-26(23,24)17(8-3-9-17)16(20)22-18/h10,12H,1-5,8-9,11,21H2,(H2,20,22)/t18-/m0/s1. The van der Waals surface area contributed by atoms with Gasteiger partial charge in [0.2, 0.25) is 0 Å². The van der Waals surface area contributed by atoms with E-state index in [2.05, 4.69) is 16.8 Å². The Kier molecular flexibility index (Phi) is 4.39. The lowest BCUT2D eigenvalue weighted by Crippen LogP contribution is -2.63. The van der Waals surface area contributed by atoms with Gasteiger partial charge in [0.15, 0.2) is 15.5 Å². The molecule has 1 atom stereocenters. The van der Waals surface area contributed by atoms with Gasteiger partial charge in [-0.15, -0.1) is 11.3 Å². The Labute approximate surface area is 163 Å². The first-order valence-electron chi connectivity index (χ1n) is 8.94. The van der Waals surface area contributed by atoms with Crippen LogP contribution in [0.25, 0.3) is 0 Å². The normalized spacial score (nSPS) is 29.7. The molecule has 1 aromatic rings. The lowest BCUT2D eigenvalue weighted by atomic mass is 9.83. The van der Waals surface area contributed by atoms with Gasteiger partial charge >= 0.3 is 0 Å². The van der Waals surface area contributed by atoms with E-state index >= 15 is 0 Å². The highest BCUT2D eigenvalue weighted by Crippen LogP contribution is 2.47. The van der Waals surface area contributed by atoms with E-state index in [1.807, 2.05) is 0 Å². The number of nitrogens with two attached hydrogens (primary N) is 2. The molecule has 1 aliphatic heterocycles. The maximum absolute atomic E-state index is 12.9. The molecule has 0 aromatic carbocycles. The van der Waals surface area contributed by atoms with E-state index in [4.69, 9.17) is 23.1 Å². The summed E-state index contributed by atoms with van der Waals surface area (Å²) in [5.74, 6) is 6.76. The third-order valence-corrected chi connectivity index (χ3v) is 10.0. The Balaban J connectivity index is 1.69. The van der Waals surface area contributed by atoms with E-state index in [1.54, 1.807) is 6.07 Å². The molecule has 2 fully saturated rings. The van der Waals surface area contributed by atoms with Gasteiger partial charge in [-0.05, 0) is 38.2 Å². The summed E-state index contributed by atoms with van der Waals surface area (Å²) in [6.07, 6.45) is 6.63. The topological polar surface area (TPSA) is 98.5 Å². The van der Waals surface area contributed by atoms with Crippen molar-refractivity contribution in [1.29, 1.82) is 0 Å². The third kappa shape index (κ3) is 2.78. The van der Waals surface area contributed by atoms with Crippen molar-refractivity contribution in [2.45, 2.75) is 55.4 Å². The number of hydrogen-bond acceptors (Lipinski definition) is 6. The molecule has 3 aliphatic rings. The van der Waals surface area contributed by atoms with Gasteiger partial charge in [0.05, 0.1) is 20.5 Å². The summed E-state index contributed by atoms with van der Waals surface area (Å²) in [4.78, 5) is 5.75. The first kappa shape index (κ1) is 18.3. The van der Waals surface area contributed by atoms with Crippen molar-refractivity contribution < 1.29 is 8.42 Å². The van der Waals surface area contributed by atoms with Gasteiger partial charge in [-0.25, -0.2) is 13.4 Å². The summed E-state index contributed by atoms with van der Waals surface area (Å²) in [6.45, 7) is 0. The highest BCUT2D eigenvalue weighted by molar-refractivity contribution is 7.93. The highest BCUT2D eigenvalue weighted by atomic mass is 35.5. The second-order valence-electron chi connectivity index (χ2n) is 7.57. The second-order valence-corrected chi connectivity index (χ2v) is 11.3. The van der Waals surface area contributed by atoms with Crippen molar-refractivity contribution in [2.75, 3.05) is 5.75 Å². The van der Waals surface area contributed by atoms with Crippen LogP contribution in [0, 0.1) is 17.8 Å². The number of hydrogen-bond donors (Lipinski definition) is 2. The van der Waals surface area contributed by atoms with Gasteiger partial charge in [0.1, 0.15) is 10.6 Å². The molecule has 26 heavy (non-hydrogen) atoms. The number of sulfone groups is 1. The summed E-state index contributed by atoms with van der Waals surface area (Å²) < 4.78 is 24.8. The number of halogens is 1. The van der Waals surface area contributed by atoms with Gasteiger partial charge in [0, 0.05) is 5.92 Å². The maximum Gasteiger partial charge on any atom is 0.167 e. The van der Waals surface area contributed by atoms with Gasteiger partial charge in [0.25, 0.3) is 0 Å². The molecular formula is C18H22ClN3O2S2.